The van der Waals surface area contributed by atoms with Gasteiger partial charge < -0.3 is 15.9 Å². The molecular weight excluding hydrogens is 202 g/mol. The van der Waals surface area contributed by atoms with Gasteiger partial charge in [-0.15, -0.1) is 11.6 Å². The smallest absolute Gasteiger partial charge is 0.106 e. The largest absolute Gasteiger partial charge is 0.389 e. The van der Waals surface area contributed by atoms with Gasteiger partial charge in [0.2, 0.25) is 0 Å². The van der Waals surface area contributed by atoms with Gasteiger partial charge in [0.05, 0.1) is 12.0 Å². The summed E-state index contributed by atoms with van der Waals surface area (Å²) < 4.78 is 0. The molecule has 4 heteroatoms. The van der Waals surface area contributed by atoms with E-state index in [4.69, 9.17) is 17.3 Å². The van der Waals surface area contributed by atoms with Crippen molar-refractivity contribution in [3.05, 3.63) is 35.4 Å². The van der Waals surface area contributed by atoms with Crippen LogP contribution < -0.4 is 5.73 Å². The Labute approximate surface area is 88.1 Å². The lowest BCUT2D eigenvalue weighted by atomic mass is 10.0. The van der Waals surface area contributed by atoms with Crippen LogP contribution in [0.4, 0.5) is 0 Å². The number of aliphatic hydroxyl groups is 2. The molecule has 1 rings (SSSR count). The van der Waals surface area contributed by atoms with Crippen LogP contribution in [0.3, 0.4) is 0 Å². The van der Waals surface area contributed by atoms with Crippen LogP contribution in [-0.2, 0) is 6.54 Å². The molecule has 78 valence electrons. The molecule has 0 saturated carbocycles. The molecule has 0 aliphatic heterocycles. The second-order valence-electron chi connectivity index (χ2n) is 3.12. The van der Waals surface area contributed by atoms with Crippen LogP contribution in [0.25, 0.3) is 0 Å². The number of halogens is 1. The first kappa shape index (κ1) is 11.5. The summed E-state index contributed by atoms with van der Waals surface area (Å²) in [7, 11) is 0. The Bertz CT molecular complexity index is 293. The van der Waals surface area contributed by atoms with Crippen molar-refractivity contribution in [2.24, 2.45) is 5.73 Å². The molecule has 1 aromatic rings. The number of hydrogen-bond acceptors (Lipinski definition) is 3. The zero-order chi connectivity index (χ0) is 10.6. The van der Waals surface area contributed by atoms with Crippen LogP contribution in [0.5, 0.6) is 0 Å². The molecule has 0 radical (unpaired) electrons. The number of benzene rings is 1. The van der Waals surface area contributed by atoms with Gasteiger partial charge in [-0.2, -0.15) is 0 Å². The lowest BCUT2D eigenvalue weighted by molar-refractivity contribution is 0.0327. The third-order valence-corrected chi connectivity index (χ3v) is 2.37. The lowest BCUT2D eigenvalue weighted by Crippen LogP contribution is -2.19. The van der Waals surface area contributed by atoms with Crippen molar-refractivity contribution in [2.45, 2.75) is 18.8 Å². The SMILES string of the molecule is NCc1cccc(C(O)C(O)CCl)c1. The molecule has 0 fully saturated rings. The van der Waals surface area contributed by atoms with Crippen molar-refractivity contribution in [1.29, 1.82) is 0 Å². The van der Waals surface area contributed by atoms with Crippen LogP contribution in [0, 0.1) is 0 Å². The van der Waals surface area contributed by atoms with Gasteiger partial charge in [-0.25, -0.2) is 0 Å². The van der Waals surface area contributed by atoms with Crippen molar-refractivity contribution >= 4 is 11.6 Å². The Balaban J connectivity index is 2.83. The molecular formula is C10H14ClNO2. The molecule has 0 bridgehead atoms. The van der Waals surface area contributed by atoms with Gasteiger partial charge in [0, 0.05) is 6.54 Å². The van der Waals surface area contributed by atoms with E-state index >= 15 is 0 Å². The van der Waals surface area contributed by atoms with Crippen molar-refractivity contribution in [2.75, 3.05) is 5.88 Å². The molecule has 2 unspecified atom stereocenters. The Morgan fingerprint density at radius 1 is 1.36 bits per heavy atom. The highest BCUT2D eigenvalue weighted by molar-refractivity contribution is 6.18. The minimum atomic E-state index is -0.945. The van der Waals surface area contributed by atoms with Crippen LogP contribution in [0.15, 0.2) is 24.3 Å². The number of alkyl halides is 1. The summed E-state index contributed by atoms with van der Waals surface area (Å²) in [5, 5.41) is 19.0. The number of rotatable bonds is 4. The molecule has 2 atom stereocenters. The summed E-state index contributed by atoms with van der Waals surface area (Å²) in [5.41, 5.74) is 7.02. The minimum Gasteiger partial charge on any atom is -0.389 e. The van der Waals surface area contributed by atoms with Crippen molar-refractivity contribution in [1.82, 2.24) is 0 Å². The van der Waals surface area contributed by atoms with Gasteiger partial charge in [0.25, 0.3) is 0 Å². The fourth-order valence-corrected chi connectivity index (χ4v) is 1.38. The Hall–Kier alpha value is -0.610. The van der Waals surface area contributed by atoms with Crippen molar-refractivity contribution in [3.63, 3.8) is 0 Å². The number of nitrogens with two attached hydrogens (primary N) is 1. The molecule has 1 aromatic carbocycles. The Morgan fingerprint density at radius 3 is 2.64 bits per heavy atom. The summed E-state index contributed by atoms with van der Waals surface area (Å²) in [6.45, 7) is 0.414. The molecule has 0 aliphatic carbocycles. The summed E-state index contributed by atoms with van der Waals surface area (Å²) in [6, 6.07) is 7.16. The van der Waals surface area contributed by atoms with E-state index in [1.54, 1.807) is 18.2 Å². The Kier molecular flexibility index (Phi) is 4.35. The highest BCUT2D eigenvalue weighted by Gasteiger charge is 2.16. The monoisotopic (exact) mass is 215 g/mol. The van der Waals surface area contributed by atoms with E-state index in [2.05, 4.69) is 0 Å². The van der Waals surface area contributed by atoms with Crippen LogP contribution in [0.1, 0.15) is 17.2 Å². The summed E-state index contributed by atoms with van der Waals surface area (Å²) in [5.74, 6) is 0.00796. The highest BCUT2D eigenvalue weighted by Crippen LogP contribution is 2.18. The molecule has 0 aromatic heterocycles. The molecule has 14 heavy (non-hydrogen) atoms. The minimum absolute atomic E-state index is 0.00796. The third-order valence-electron chi connectivity index (χ3n) is 2.05. The van der Waals surface area contributed by atoms with Crippen molar-refractivity contribution in [3.8, 4) is 0 Å². The first-order chi connectivity index (χ1) is 6.69. The molecule has 0 spiro atoms. The summed E-state index contributed by atoms with van der Waals surface area (Å²) in [6.07, 6.45) is -1.89. The molecule has 4 N–H and O–H groups in total. The molecule has 0 saturated heterocycles. The standard InChI is InChI=1S/C10H14ClNO2/c11-5-9(13)10(14)8-3-1-2-7(4-8)6-12/h1-4,9-10,13-14H,5-6,12H2. The predicted octanol–water partition coefficient (Wildman–Crippen LogP) is 0.778. The van der Waals surface area contributed by atoms with Gasteiger partial charge in [0.1, 0.15) is 6.10 Å². The summed E-state index contributed by atoms with van der Waals surface area (Å²) in [4.78, 5) is 0. The van der Waals surface area contributed by atoms with E-state index in [1.807, 2.05) is 6.07 Å². The average molecular weight is 216 g/mol. The van der Waals surface area contributed by atoms with E-state index < -0.39 is 12.2 Å². The van der Waals surface area contributed by atoms with Gasteiger partial charge in [0.15, 0.2) is 0 Å². The molecule has 0 aliphatic rings. The normalized spacial score (nSPS) is 15.1. The first-order valence-corrected chi connectivity index (χ1v) is 4.93. The third kappa shape index (κ3) is 2.69. The maximum absolute atomic E-state index is 9.63. The quantitative estimate of drug-likeness (QED) is 0.651. The van der Waals surface area contributed by atoms with Gasteiger partial charge >= 0.3 is 0 Å². The summed E-state index contributed by atoms with van der Waals surface area (Å²) >= 11 is 5.44. The van der Waals surface area contributed by atoms with Crippen LogP contribution in [0.2, 0.25) is 0 Å². The fourth-order valence-electron chi connectivity index (χ4n) is 1.21. The van der Waals surface area contributed by atoms with E-state index in [0.717, 1.165) is 5.56 Å². The maximum Gasteiger partial charge on any atom is 0.106 e. The second-order valence-corrected chi connectivity index (χ2v) is 3.42. The van der Waals surface area contributed by atoms with Gasteiger partial charge in [-0.3, -0.25) is 0 Å². The zero-order valence-corrected chi connectivity index (χ0v) is 8.48. The Morgan fingerprint density at radius 2 is 2.07 bits per heavy atom. The maximum atomic E-state index is 9.63. The fraction of sp³-hybridized carbons (Fsp3) is 0.400. The van der Waals surface area contributed by atoms with Gasteiger partial charge in [-0.1, -0.05) is 24.3 Å². The highest BCUT2D eigenvalue weighted by atomic mass is 35.5. The molecule has 0 heterocycles. The molecule has 3 nitrogen and oxygen atoms in total. The average Bonchev–Trinajstić information content (AvgIpc) is 2.27. The number of aliphatic hydroxyl groups excluding tert-OH is 2. The first-order valence-electron chi connectivity index (χ1n) is 4.40. The second kappa shape index (κ2) is 5.32. The van der Waals surface area contributed by atoms with E-state index in [-0.39, 0.29) is 5.88 Å². The van der Waals surface area contributed by atoms with E-state index in [1.165, 1.54) is 0 Å². The topological polar surface area (TPSA) is 66.5 Å². The van der Waals surface area contributed by atoms with Gasteiger partial charge in [-0.05, 0) is 11.1 Å². The van der Waals surface area contributed by atoms with Crippen LogP contribution in [-0.4, -0.2) is 22.2 Å². The lowest BCUT2D eigenvalue weighted by Gasteiger charge is -2.16. The van der Waals surface area contributed by atoms with Crippen LogP contribution >= 0.6 is 11.6 Å². The van der Waals surface area contributed by atoms with E-state index in [9.17, 15) is 10.2 Å². The molecule has 0 amide bonds. The number of hydrogen-bond donors (Lipinski definition) is 3. The van der Waals surface area contributed by atoms with Crippen molar-refractivity contribution < 1.29 is 10.2 Å². The van der Waals surface area contributed by atoms with E-state index in [0.29, 0.717) is 12.1 Å². The zero-order valence-electron chi connectivity index (χ0n) is 7.73. The predicted molar refractivity (Wildman–Crippen MR) is 56.0 cm³/mol.